The number of hydrogen-bond donors (Lipinski definition) is 0. The van der Waals surface area contributed by atoms with E-state index in [1.807, 2.05) is 13.0 Å². The van der Waals surface area contributed by atoms with Crippen LogP contribution in [0.1, 0.15) is 42.6 Å². The van der Waals surface area contributed by atoms with Crippen LogP contribution in [0.25, 0.3) is 0 Å². The van der Waals surface area contributed by atoms with Crippen LogP contribution in [0.2, 0.25) is 0 Å². The molecule has 92 valence electrons. The van der Waals surface area contributed by atoms with Gasteiger partial charge in [0.25, 0.3) is 0 Å². The Morgan fingerprint density at radius 2 is 2.18 bits per heavy atom. The SMILES string of the molecule is COC(=O)[C@H]1CC[C@@H](C)c2ccc(C)nc2C1. The third-order valence-corrected chi connectivity index (χ3v) is 3.60. The van der Waals surface area contributed by atoms with Crippen molar-refractivity contribution in [1.29, 1.82) is 0 Å². The van der Waals surface area contributed by atoms with Crippen molar-refractivity contribution in [2.24, 2.45) is 5.92 Å². The average Bonchev–Trinajstić information content (AvgIpc) is 2.48. The van der Waals surface area contributed by atoms with E-state index in [0.717, 1.165) is 24.2 Å². The molecule has 1 heterocycles. The first-order chi connectivity index (χ1) is 8.11. The van der Waals surface area contributed by atoms with Gasteiger partial charge in [-0.25, -0.2) is 0 Å². The number of methoxy groups -OCH3 is 1. The second-order valence-corrected chi connectivity index (χ2v) is 4.89. The smallest absolute Gasteiger partial charge is 0.309 e. The van der Waals surface area contributed by atoms with Crippen molar-refractivity contribution in [3.63, 3.8) is 0 Å². The molecule has 0 aromatic carbocycles. The molecule has 0 spiro atoms. The van der Waals surface area contributed by atoms with Crippen molar-refractivity contribution in [2.75, 3.05) is 7.11 Å². The molecule has 0 radical (unpaired) electrons. The molecule has 2 atom stereocenters. The van der Waals surface area contributed by atoms with Gasteiger partial charge in [0, 0.05) is 17.8 Å². The maximum absolute atomic E-state index is 11.7. The minimum absolute atomic E-state index is 0.0296. The van der Waals surface area contributed by atoms with E-state index in [1.54, 1.807) is 0 Å². The maximum atomic E-state index is 11.7. The van der Waals surface area contributed by atoms with Gasteiger partial charge in [-0.15, -0.1) is 0 Å². The summed E-state index contributed by atoms with van der Waals surface area (Å²) in [6.45, 7) is 4.19. The van der Waals surface area contributed by atoms with E-state index in [0.29, 0.717) is 12.3 Å². The number of aryl methyl sites for hydroxylation is 1. The van der Waals surface area contributed by atoms with Gasteiger partial charge in [0.1, 0.15) is 0 Å². The molecule has 0 saturated heterocycles. The van der Waals surface area contributed by atoms with Crippen molar-refractivity contribution in [2.45, 2.75) is 39.0 Å². The monoisotopic (exact) mass is 233 g/mol. The van der Waals surface area contributed by atoms with Crippen LogP contribution in [0.5, 0.6) is 0 Å². The van der Waals surface area contributed by atoms with Crippen LogP contribution >= 0.6 is 0 Å². The maximum Gasteiger partial charge on any atom is 0.309 e. The molecule has 0 fully saturated rings. The molecule has 17 heavy (non-hydrogen) atoms. The molecule has 0 N–H and O–H groups in total. The van der Waals surface area contributed by atoms with E-state index >= 15 is 0 Å². The molecule has 1 aromatic heterocycles. The van der Waals surface area contributed by atoms with E-state index < -0.39 is 0 Å². The molecular weight excluding hydrogens is 214 g/mol. The summed E-state index contributed by atoms with van der Waals surface area (Å²) in [6.07, 6.45) is 2.63. The summed E-state index contributed by atoms with van der Waals surface area (Å²) in [6, 6.07) is 4.20. The third kappa shape index (κ3) is 2.48. The average molecular weight is 233 g/mol. The van der Waals surface area contributed by atoms with Gasteiger partial charge >= 0.3 is 5.97 Å². The highest BCUT2D eigenvalue weighted by Crippen LogP contribution is 2.32. The van der Waals surface area contributed by atoms with Gasteiger partial charge in [0.05, 0.1) is 13.0 Å². The Labute approximate surface area is 102 Å². The lowest BCUT2D eigenvalue weighted by atomic mass is 9.97. The largest absolute Gasteiger partial charge is 0.469 e. The number of hydrogen-bond acceptors (Lipinski definition) is 3. The van der Waals surface area contributed by atoms with Gasteiger partial charge in [-0.05, 0) is 37.3 Å². The van der Waals surface area contributed by atoms with Gasteiger partial charge in [-0.2, -0.15) is 0 Å². The highest BCUT2D eigenvalue weighted by atomic mass is 16.5. The Hall–Kier alpha value is -1.38. The number of fused-ring (bicyclic) bond motifs is 1. The Morgan fingerprint density at radius 1 is 1.41 bits per heavy atom. The summed E-state index contributed by atoms with van der Waals surface area (Å²) in [5.74, 6) is 0.346. The summed E-state index contributed by atoms with van der Waals surface area (Å²) in [5.41, 5.74) is 3.38. The fourth-order valence-electron chi connectivity index (χ4n) is 2.54. The number of ether oxygens (including phenoxy) is 1. The standard InChI is InChI=1S/C14H19NO2/c1-9-4-6-11(14(16)17-3)8-13-12(9)7-5-10(2)15-13/h5,7,9,11H,4,6,8H2,1-3H3/t9-,11+/m1/s1. The van der Waals surface area contributed by atoms with Crippen LogP contribution in [0, 0.1) is 12.8 Å². The number of rotatable bonds is 1. The fraction of sp³-hybridized carbons (Fsp3) is 0.571. The Morgan fingerprint density at radius 3 is 2.88 bits per heavy atom. The second kappa shape index (κ2) is 4.86. The fourth-order valence-corrected chi connectivity index (χ4v) is 2.54. The topological polar surface area (TPSA) is 39.2 Å². The minimum atomic E-state index is -0.103. The van der Waals surface area contributed by atoms with E-state index in [4.69, 9.17) is 4.74 Å². The number of nitrogens with zero attached hydrogens (tertiary/aromatic N) is 1. The number of carbonyl (C=O) groups excluding carboxylic acids is 1. The number of carbonyl (C=O) groups is 1. The Kier molecular flexibility index (Phi) is 3.46. The van der Waals surface area contributed by atoms with E-state index in [1.165, 1.54) is 12.7 Å². The van der Waals surface area contributed by atoms with Crippen molar-refractivity contribution in [1.82, 2.24) is 4.98 Å². The minimum Gasteiger partial charge on any atom is -0.469 e. The van der Waals surface area contributed by atoms with Crippen LogP contribution in [0.15, 0.2) is 12.1 Å². The molecule has 0 unspecified atom stereocenters. The molecule has 1 aliphatic carbocycles. The number of esters is 1. The van der Waals surface area contributed by atoms with E-state index in [2.05, 4.69) is 18.0 Å². The van der Waals surface area contributed by atoms with Gasteiger partial charge in [-0.1, -0.05) is 13.0 Å². The van der Waals surface area contributed by atoms with Crippen LogP contribution in [-0.2, 0) is 16.0 Å². The molecule has 0 amide bonds. The van der Waals surface area contributed by atoms with Crippen LogP contribution < -0.4 is 0 Å². The molecule has 3 heteroatoms. The van der Waals surface area contributed by atoms with Crippen LogP contribution in [0.3, 0.4) is 0 Å². The summed E-state index contributed by atoms with van der Waals surface area (Å²) >= 11 is 0. The molecule has 1 aromatic rings. The van der Waals surface area contributed by atoms with E-state index in [-0.39, 0.29) is 11.9 Å². The third-order valence-electron chi connectivity index (χ3n) is 3.60. The molecule has 0 bridgehead atoms. The van der Waals surface area contributed by atoms with Gasteiger partial charge in [0.15, 0.2) is 0 Å². The summed E-state index contributed by atoms with van der Waals surface area (Å²) in [5, 5.41) is 0. The van der Waals surface area contributed by atoms with E-state index in [9.17, 15) is 4.79 Å². The first-order valence-corrected chi connectivity index (χ1v) is 6.16. The predicted octanol–water partition coefficient (Wildman–Crippen LogP) is 2.62. The molecular formula is C14H19NO2. The van der Waals surface area contributed by atoms with Gasteiger partial charge in [0.2, 0.25) is 0 Å². The zero-order chi connectivity index (χ0) is 12.4. The molecule has 2 rings (SSSR count). The zero-order valence-corrected chi connectivity index (χ0v) is 10.7. The van der Waals surface area contributed by atoms with Crippen molar-refractivity contribution < 1.29 is 9.53 Å². The highest BCUT2D eigenvalue weighted by Gasteiger charge is 2.27. The van der Waals surface area contributed by atoms with Crippen molar-refractivity contribution in [3.8, 4) is 0 Å². The van der Waals surface area contributed by atoms with Crippen molar-refractivity contribution in [3.05, 3.63) is 29.1 Å². The first-order valence-electron chi connectivity index (χ1n) is 6.16. The zero-order valence-electron chi connectivity index (χ0n) is 10.7. The van der Waals surface area contributed by atoms with Crippen LogP contribution in [-0.4, -0.2) is 18.1 Å². The van der Waals surface area contributed by atoms with Gasteiger partial charge in [-0.3, -0.25) is 9.78 Å². The molecule has 0 saturated carbocycles. The van der Waals surface area contributed by atoms with Crippen molar-refractivity contribution >= 4 is 5.97 Å². The molecule has 1 aliphatic rings. The highest BCUT2D eigenvalue weighted by molar-refractivity contribution is 5.72. The predicted molar refractivity (Wildman–Crippen MR) is 65.8 cm³/mol. The summed E-state index contributed by atoms with van der Waals surface area (Å²) in [4.78, 5) is 16.3. The Balaban J connectivity index is 2.33. The molecule has 0 aliphatic heterocycles. The number of aromatic nitrogens is 1. The Bertz CT molecular complexity index is 428. The second-order valence-electron chi connectivity index (χ2n) is 4.89. The van der Waals surface area contributed by atoms with Crippen LogP contribution in [0.4, 0.5) is 0 Å². The first kappa shape index (κ1) is 12.1. The quantitative estimate of drug-likeness (QED) is 0.553. The normalized spacial score (nSPS) is 23.7. The van der Waals surface area contributed by atoms with Gasteiger partial charge < -0.3 is 4.74 Å². The summed E-state index contributed by atoms with van der Waals surface area (Å²) < 4.78 is 4.86. The molecule has 3 nitrogen and oxygen atoms in total. The number of pyridine rings is 1. The lowest BCUT2D eigenvalue weighted by molar-refractivity contribution is -0.145. The summed E-state index contributed by atoms with van der Waals surface area (Å²) in [7, 11) is 1.46. The lowest BCUT2D eigenvalue weighted by Gasteiger charge is -2.12. The lowest BCUT2D eigenvalue weighted by Crippen LogP contribution is -2.18.